The van der Waals surface area contributed by atoms with Gasteiger partial charge in [0.1, 0.15) is 0 Å². The molecule has 1 nitrogen and oxygen atoms in total. The number of hydrogen-bond donors (Lipinski definition) is 0. The highest BCUT2D eigenvalue weighted by Crippen LogP contribution is 2.39. The molecule has 0 N–H and O–H groups in total. The Labute approximate surface area is 254 Å². The van der Waals surface area contributed by atoms with E-state index < -0.39 is 0 Å². The number of anilines is 3. The first kappa shape index (κ1) is 23.0. The SMILES string of the molecule is [2H]/C(=C(/[2H])c1ccc(N(c2ccccc2)c2ccccc2)cc1)c1ccc(-c2ccc3ccc4cccc5ccc2c3c45)cc1. The number of nitrogens with zero attached hydrogens (tertiary/aromatic N) is 1. The average molecular weight is 550 g/mol. The fourth-order valence-electron chi connectivity index (χ4n) is 6.16. The zero-order valence-electron chi connectivity index (χ0n) is 25.5. The van der Waals surface area contributed by atoms with Crippen LogP contribution in [0.3, 0.4) is 0 Å². The maximum atomic E-state index is 8.89. The van der Waals surface area contributed by atoms with Crippen molar-refractivity contribution in [3.63, 3.8) is 0 Å². The van der Waals surface area contributed by atoms with Gasteiger partial charge in [0.15, 0.2) is 0 Å². The molecular weight excluding hydrogens is 518 g/mol. The van der Waals surface area contributed by atoms with E-state index in [1.165, 1.54) is 37.9 Å². The van der Waals surface area contributed by atoms with Gasteiger partial charge < -0.3 is 4.90 Å². The van der Waals surface area contributed by atoms with Crippen LogP contribution < -0.4 is 4.90 Å². The summed E-state index contributed by atoms with van der Waals surface area (Å²) >= 11 is 0. The summed E-state index contributed by atoms with van der Waals surface area (Å²) in [6.07, 6.45) is 0. The van der Waals surface area contributed by atoms with E-state index in [0.717, 1.165) is 28.2 Å². The molecule has 0 bridgehead atoms. The first-order chi connectivity index (χ1) is 22.2. The Bertz CT molecular complexity index is 2250. The second-order valence-corrected chi connectivity index (χ2v) is 10.8. The molecule has 43 heavy (non-hydrogen) atoms. The van der Waals surface area contributed by atoms with Gasteiger partial charge in [-0.15, -0.1) is 0 Å². The summed E-state index contributed by atoms with van der Waals surface area (Å²) in [5, 5.41) is 7.59. The lowest BCUT2D eigenvalue weighted by atomic mass is 9.90. The van der Waals surface area contributed by atoms with Crippen LogP contribution in [0.2, 0.25) is 0 Å². The zero-order valence-corrected chi connectivity index (χ0v) is 23.5. The Kier molecular flexibility index (Phi) is 5.68. The fraction of sp³-hybridized carbons (Fsp3) is 0. The highest BCUT2D eigenvalue weighted by atomic mass is 15.1. The quantitative estimate of drug-likeness (QED) is 0.147. The van der Waals surface area contributed by atoms with Crippen LogP contribution in [0.4, 0.5) is 17.1 Å². The van der Waals surface area contributed by atoms with E-state index in [-0.39, 0.29) is 12.1 Å². The molecule has 0 aliphatic rings. The fourth-order valence-corrected chi connectivity index (χ4v) is 6.16. The minimum atomic E-state index is 0.197. The molecule has 0 radical (unpaired) electrons. The van der Waals surface area contributed by atoms with Crippen LogP contribution in [0, 0.1) is 0 Å². The van der Waals surface area contributed by atoms with Crippen LogP contribution in [0.25, 0.3) is 55.5 Å². The van der Waals surface area contributed by atoms with Gasteiger partial charge >= 0.3 is 0 Å². The molecule has 0 aromatic heterocycles. The van der Waals surface area contributed by atoms with Crippen molar-refractivity contribution in [3.8, 4) is 11.1 Å². The zero-order chi connectivity index (χ0) is 30.3. The Morgan fingerprint density at radius 2 is 0.884 bits per heavy atom. The molecule has 0 heterocycles. The van der Waals surface area contributed by atoms with Gasteiger partial charge in [-0.05, 0) is 91.0 Å². The van der Waals surface area contributed by atoms with E-state index >= 15 is 0 Å². The van der Waals surface area contributed by atoms with Crippen molar-refractivity contribution in [1.29, 1.82) is 0 Å². The van der Waals surface area contributed by atoms with Gasteiger partial charge in [0.05, 0.1) is 2.74 Å². The predicted molar refractivity (Wildman–Crippen MR) is 186 cm³/mol. The first-order valence-corrected chi connectivity index (χ1v) is 14.6. The van der Waals surface area contributed by atoms with E-state index in [1.54, 1.807) is 0 Å². The van der Waals surface area contributed by atoms with Gasteiger partial charge in [0, 0.05) is 17.1 Å². The topological polar surface area (TPSA) is 3.24 Å². The highest BCUT2D eigenvalue weighted by molar-refractivity contribution is 6.25. The molecule has 0 saturated carbocycles. The Morgan fingerprint density at radius 1 is 0.395 bits per heavy atom. The van der Waals surface area contributed by atoms with Crippen LogP contribution in [0.5, 0.6) is 0 Å². The monoisotopic (exact) mass is 549 g/mol. The third-order valence-electron chi connectivity index (χ3n) is 8.23. The molecule has 0 aliphatic heterocycles. The van der Waals surface area contributed by atoms with Crippen LogP contribution in [-0.2, 0) is 0 Å². The van der Waals surface area contributed by atoms with Crippen LogP contribution in [-0.4, -0.2) is 0 Å². The van der Waals surface area contributed by atoms with Crippen LogP contribution in [0.1, 0.15) is 13.9 Å². The number of rotatable bonds is 6. The summed E-state index contributed by atoms with van der Waals surface area (Å²) in [5.41, 5.74) is 6.82. The minimum Gasteiger partial charge on any atom is -0.311 e. The summed E-state index contributed by atoms with van der Waals surface area (Å²) in [7, 11) is 0. The lowest BCUT2D eigenvalue weighted by Gasteiger charge is -2.25. The Hall–Kier alpha value is -5.66. The summed E-state index contributed by atoms with van der Waals surface area (Å²) in [6.45, 7) is 0. The standard InChI is InChI=1S/C42H29N/c1-3-10-36(11-4-1)43(37-12-5-2-6-13-37)38-26-18-31(19-27-38)15-14-30-16-20-32(21-17-30)39-28-24-35-23-22-33-8-7-9-34-25-29-40(39)42(35)41(33)34/h1-29H/b15-14+/i14D,15D. The van der Waals surface area contributed by atoms with Crippen molar-refractivity contribution in [2.24, 2.45) is 0 Å². The second-order valence-electron chi connectivity index (χ2n) is 10.8. The van der Waals surface area contributed by atoms with Crippen molar-refractivity contribution in [3.05, 3.63) is 175 Å². The summed E-state index contributed by atoms with van der Waals surface area (Å²) < 4.78 is 17.8. The summed E-state index contributed by atoms with van der Waals surface area (Å²) in [5.74, 6) is 0. The van der Waals surface area contributed by atoms with Crippen molar-refractivity contribution in [2.45, 2.75) is 0 Å². The highest BCUT2D eigenvalue weighted by Gasteiger charge is 2.13. The number of hydrogen-bond acceptors (Lipinski definition) is 1. The molecule has 0 atom stereocenters. The van der Waals surface area contributed by atoms with Crippen molar-refractivity contribution >= 4 is 61.5 Å². The van der Waals surface area contributed by atoms with Gasteiger partial charge in [-0.1, -0.05) is 139 Å². The number of benzene rings is 8. The lowest BCUT2D eigenvalue weighted by molar-refractivity contribution is 1.28. The van der Waals surface area contributed by atoms with Gasteiger partial charge in [0.25, 0.3) is 0 Å². The minimum absolute atomic E-state index is 0.197. The smallest absolute Gasteiger partial charge is 0.0629 e. The van der Waals surface area contributed by atoms with Gasteiger partial charge in [0.2, 0.25) is 0 Å². The van der Waals surface area contributed by atoms with Gasteiger partial charge in [-0.3, -0.25) is 0 Å². The largest absolute Gasteiger partial charge is 0.311 e. The Morgan fingerprint density at radius 3 is 1.49 bits per heavy atom. The average Bonchev–Trinajstić information content (AvgIpc) is 3.11. The van der Waals surface area contributed by atoms with Crippen molar-refractivity contribution in [2.75, 3.05) is 4.90 Å². The van der Waals surface area contributed by atoms with Crippen LogP contribution in [0.15, 0.2) is 164 Å². The van der Waals surface area contributed by atoms with Crippen molar-refractivity contribution in [1.82, 2.24) is 0 Å². The van der Waals surface area contributed by atoms with E-state index in [1.807, 2.05) is 72.8 Å². The van der Waals surface area contributed by atoms with E-state index in [0.29, 0.717) is 5.56 Å². The molecule has 0 unspecified atom stereocenters. The first-order valence-electron chi connectivity index (χ1n) is 15.6. The molecule has 1 heteroatoms. The molecule has 202 valence electrons. The second kappa shape index (κ2) is 10.6. The van der Waals surface area contributed by atoms with E-state index in [4.69, 9.17) is 2.74 Å². The van der Waals surface area contributed by atoms with E-state index in [2.05, 4.69) is 95.9 Å². The van der Waals surface area contributed by atoms with Crippen molar-refractivity contribution < 1.29 is 2.74 Å². The molecule has 0 aliphatic carbocycles. The third-order valence-corrected chi connectivity index (χ3v) is 8.23. The summed E-state index contributed by atoms with van der Waals surface area (Å²) in [6, 6.07) is 56.6. The molecule has 0 spiro atoms. The van der Waals surface area contributed by atoms with Gasteiger partial charge in [-0.2, -0.15) is 0 Å². The lowest BCUT2D eigenvalue weighted by Crippen LogP contribution is -2.09. The molecule has 8 aromatic rings. The molecule has 8 rings (SSSR count). The van der Waals surface area contributed by atoms with Gasteiger partial charge in [-0.25, -0.2) is 0 Å². The normalized spacial score (nSPS) is 12.7. The Balaban J connectivity index is 1.12. The molecule has 0 amide bonds. The molecular formula is C42H29N. The molecule has 8 aromatic carbocycles. The van der Waals surface area contributed by atoms with Crippen LogP contribution >= 0.6 is 0 Å². The predicted octanol–water partition coefficient (Wildman–Crippen LogP) is 11.9. The maximum Gasteiger partial charge on any atom is 0.0629 e. The molecule has 0 saturated heterocycles. The number of para-hydroxylation sites is 2. The maximum absolute atomic E-state index is 8.89. The third kappa shape index (κ3) is 4.62. The summed E-state index contributed by atoms with van der Waals surface area (Å²) in [4.78, 5) is 2.19. The molecule has 0 fully saturated rings. The van der Waals surface area contributed by atoms with E-state index in [9.17, 15) is 0 Å².